The minimum Gasteiger partial charge on any atom is -0.454 e. The Balaban J connectivity index is 1.53. The summed E-state index contributed by atoms with van der Waals surface area (Å²) in [6, 6.07) is 5.55. The molecule has 3 rings (SSSR count). The first-order chi connectivity index (χ1) is 10.3. The fourth-order valence-electron chi connectivity index (χ4n) is 3.21. The second-order valence-corrected chi connectivity index (χ2v) is 6.02. The van der Waals surface area contributed by atoms with Gasteiger partial charge < -0.3 is 19.3 Å². The van der Waals surface area contributed by atoms with E-state index >= 15 is 0 Å². The molecule has 1 aromatic carbocycles. The zero-order valence-electron chi connectivity index (χ0n) is 12.6. The minimum atomic E-state index is -0.610. The highest BCUT2D eigenvalue weighted by Crippen LogP contribution is 2.34. The van der Waals surface area contributed by atoms with Gasteiger partial charge in [0.05, 0.1) is 12.7 Å². The van der Waals surface area contributed by atoms with Crippen LogP contribution in [0.1, 0.15) is 50.7 Å². The van der Waals surface area contributed by atoms with Crippen LogP contribution in [0.25, 0.3) is 0 Å². The predicted molar refractivity (Wildman–Crippen MR) is 79.5 cm³/mol. The molecule has 4 nitrogen and oxygen atoms in total. The average Bonchev–Trinajstić information content (AvgIpc) is 3.00. The van der Waals surface area contributed by atoms with E-state index in [4.69, 9.17) is 14.2 Å². The second-order valence-electron chi connectivity index (χ2n) is 6.02. The Morgan fingerprint density at radius 2 is 2.14 bits per heavy atom. The minimum absolute atomic E-state index is 0.256. The summed E-state index contributed by atoms with van der Waals surface area (Å²) in [6.07, 6.45) is 5.72. The van der Waals surface area contributed by atoms with Crippen molar-refractivity contribution in [2.45, 2.75) is 51.2 Å². The van der Waals surface area contributed by atoms with Crippen LogP contribution in [0.3, 0.4) is 0 Å². The van der Waals surface area contributed by atoms with E-state index in [1.54, 1.807) is 0 Å². The van der Waals surface area contributed by atoms with Crippen molar-refractivity contribution in [3.63, 3.8) is 0 Å². The van der Waals surface area contributed by atoms with Gasteiger partial charge in [-0.1, -0.05) is 32.3 Å². The van der Waals surface area contributed by atoms with E-state index in [0.29, 0.717) is 18.5 Å². The molecule has 1 N–H and O–H groups in total. The molecule has 21 heavy (non-hydrogen) atoms. The van der Waals surface area contributed by atoms with E-state index in [1.165, 1.54) is 19.3 Å². The SMILES string of the molecule is CCC1CCCC(OCC(O)c2ccc3c(c2)OCO3)C1. The van der Waals surface area contributed by atoms with E-state index in [1.807, 2.05) is 18.2 Å². The second kappa shape index (κ2) is 6.67. The normalized spacial score (nSPS) is 25.8. The molecular weight excluding hydrogens is 268 g/mol. The first kappa shape index (κ1) is 14.7. The molecule has 1 fully saturated rings. The molecule has 1 aliphatic carbocycles. The molecule has 0 radical (unpaired) electrons. The first-order valence-corrected chi connectivity index (χ1v) is 7.95. The van der Waals surface area contributed by atoms with Crippen molar-refractivity contribution >= 4 is 0 Å². The Kier molecular flexibility index (Phi) is 4.66. The van der Waals surface area contributed by atoms with E-state index in [0.717, 1.165) is 30.1 Å². The first-order valence-electron chi connectivity index (χ1n) is 7.95. The molecule has 0 aromatic heterocycles. The lowest BCUT2D eigenvalue weighted by Crippen LogP contribution is -2.24. The zero-order valence-corrected chi connectivity index (χ0v) is 12.6. The summed E-state index contributed by atoms with van der Waals surface area (Å²) in [5.74, 6) is 2.23. The number of benzene rings is 1. The van der Waals surface area contributed by atoms with Gasteiger partial charge in [-0.2, -0.15) is 0 Å². The monoisotopic (exact) mass is 292 g/mol. The van der Waals surface area contributed by atoms with Gasteiger partial charge in [-0.05, 0) is 36.5 Å². The van der Waals surface area contributed by atoms with E-state index in [-0.39, 0.29) is 6.79 Å². The van der Waals surface area contributed by atoms with E-state index < -0.39 is 6.10 Å². The van der Waals surface area contributed by atoms with Crippen molar-refractivity contribution in [3.05, 3.63) is 23.8 Å². The van der Waals surface area contributed by atoms with Crippen molar-refractivity contribution in [3.8, 4) is 11.5 Å². The van der Waals surface area contributed by atoms with Crippen molar-refractivity contribution in [2.24, 2.45) is 5.92 Å². The summed E-state index contributed by atoms with van der Waals surface area (Å²) >= 11 is 0. The fraction of sp³-hybridized carbons (Fsp3) is 0.647. The quantitative estimate of drug-likeness (QED) is 0.903. The Morgan fingerprint density at radius 1 is 1.29 bits per heavy atom. The molecule has 1 aliphatic heterocycles. The standard InChI is InChI=1S/C17H24O4/c1-2-12-4-3-5-14(8-12)19-10-15(18)13-6-7-16-17(9-13)21-11-20-16/h6-7,9,12,14-15,18H,2-5,8,10-11H2,1H3. The van der Waals surface area contributed by atoms with E-state index in [9.17, 15) is 5.11 Å². The maximum absolute atomic E-state index is 10.3. The third kappa shape index (κ3) is 3.50. The van der Waals surface area contributed by atoms with Crippen molar-refractivity contribution in [1.82, 2.24) is 0 Å². The maximum atomic E-state index is 10.3. The molecule has 2 aliphatic rings. The summed E-state index contributed by atoms with van der Waals surface area (Å²) in [4.78, 5) is 0. The van der Waals surface area contributed by atoms with Gasteiger partial charge in [0.25, 0.3) is 0 Å². The lowest BCUT2D eigenvalue weighted by Gasteiger charge is -2.29. The Hall–Kier alpha value is -1.26. The van der Waals surface area contributed by atoms with Crippen LogP contribution in [-0.4, -0.2) is 24.6 Å². The van der Waals surface area contributed by atoms with Crippen LogP contribution in [0, 0.1) is 5.92 Å². The molecule has 116 valence electrons. The number of hydrogen-bond acceptors (Lipinski definition) is 4. The topological polar surface area (TPSA) is 47.9 Å². The van der Waals surface area contributed by atoms with Crippen LogP contribution in [0.4, 0.5) is 0 Å². The molecule has 0 spiro atoms. The summed E-state index contributed by atoms with van der Waals surface area (Å²) in [5, 5.41) is 10.3. The third-order valence-electron chi connectivity index (χ3n) is 4.58. The molecule has 3 atom stereocenters. The third-order valence-corrected chi connectivity index (χ3v) is 4.58. The lowest BCUT2D eigenvalue weighted by molar-refractivity contribution is -0.0340. The van der Waals surface area contributed by atoms with Crippen molar-refractivity contribution < 1.29 is 19.3 Å². The lowest BCUT2D eigenvalue weighted by atomic mass is 9.85. The number of ether oxygens (including phenoxy) is 3. The molecule has 4 heteroatoms. The van der Waals surface area contributed by atoms with Crippen molar-refractivity contribution in [2.75, 3.05) is 13.4 Å². The fourth-order valence-corrected chi connectivity index (χ4v) is 3.21. The number of hydrogen-bond donors (Lipinski definition) is 1. The zero-order chi connectivity index (χ0) is 14.7. The summed E-state index contributed by atoms with van der Waals surface area (Å²) < 4.78 is 16.5. The van der Waals surface area contributed by atoms with Gasteiger partial charge in [0.15, 0.2) is 11.5 Å². The van der Waals surface area contributed by atoms with Crippen LogP contribution >= 0.6 is 0 Å². The van der Waals surface area contributed by atoms with Gasteiger partial charge in [0, 0.05) is 0 Å². The number of fused-ring (bicyclic) bond motifs is 1. The summed E-state index contributed by atoms with van der Waals surface area (Å²) in [6.45, 7) is 2.85. The Labute approximate surface area is 126 Å². The van der Waals surface area contributed by atoms with Gasteiger partial charge in [0.1, 0.15) is 6.10 Å². The van der Waals surface area contributed by atoms with Crippen LogP contribution in [0.15, 0.2) is 18.2 Å². The highest BCUT2D eigenvalue weighted by atomic mass is 16.7. The molecule has 1 saturated carbocycles. The van der Waals surface area contributed by atoms with Gasteiger partial charge in [-0.15, -0.1) is 0 Å². The number of aliphatic hydroxyl groups excluding tert-OH is 1. The van der Waals surface area contributed by atoms with E-state index in [2.05, 4.69) is 6.92 Å². The van der Waals surface area contributed by atoms with Gasteiger partial charge in [-0.25, -0.2) is 0 Å². The van der Waals surface area contributed by atoms with Gasteiger partial charge in [-0.3, -0.25) is 0 Å². The van der Waals surface area contributed by atoms with Gasteiger partial charge in [0.2, 0.25) is 6.79 Å². The van der Waals surface area contributed by atoms with Crippen molar-refractivity contribution in [1.29, 1.82) is 0 Å². The Morgan fingerprint density at radius 3 is 3.00 bits per heavy atom. The maximum Gasteiger partial charge on any atom is 0.231 e. The highest BCUT2D eigenvalue weighted by molar-refractivity contribution is 5.45. The molecule has 3 unspecified atom stereocenters. The Bertz CT molecular complexity index is 474. The van der Waals surface area contributed by atoms with Crippen LogP contribution in [0.2, 0.25) is 0 Å². The van der Waals surface area contributed by atoms with Crippen LogP contribution in [0.5, 0.6) is 11.5 Å². The largest absolute Gasteiger partial charge is 0.454 e. The smallest absolute Gasteiger partial charge is 0.231 e. The molecule has 0 saturated heterocycles. The molecule has 1 aromatic rings. The summed E-state index contributed by atoms with van der Waals surface area (Å²) in [5.41, 5.74) is 0.821. The van der Waals surface area contributed by atoms with Gasteiger partial charge >= 0.3 is 0 Å². The molecule has 1 heterocycles. The number of rotatable bonds is 5. The predicted octanol–water partition coefficient (Wildman–Crippen LogP) is 3.43. The van der Waals surface area contributed by atoms with Crippen LogP contribution < -0.4 is 9.47 Å². The molecule has 0 bridgehead atoms. The highest BCUT2D eigenvalue weighted by Gasteiger charge is 2.23. The molecule has 0 amide bonds. The number of aliphatic hydroxyl groups is 1. The molecular formula is C17H24O4. The summed E-state index contributed by atoms with van der Waals surface area (Å²) in [7, 11) is 0. The van der Waals surface area contributed by atoms with Crippen LogP contribution in [-0.2, 0) is 4.74 Å². The average molecular weight is 292 g/mol.